The number of Topliss-reactive ketones (excluding diaryl/α,β-unsaturated/α-hetero) is 1. The number of nitrogens with one attached hydrogen (secondary N) is 1. The Kier molecular flexibility index (Phi) is 8.64. The molecule has 0 bridgehead atoms. The number of amides is 1. The highest BCUT2D eigenvalue weighted by Gasteiger charge is 2.68. The Labute approximate surface area is 338 Å². The SMILES string of the molecule is C=C(C)[C@H]1C(=O)c2c3c(cc4c5c(n1c24)[C@@]1(C)[C@@H](CC[C@H]2[C@](C)(/C=C/C=C(\C)C(=O)NN4CCN(C)CC4)[C@@H](O)CC[C@@]21C)C5)C1=CC(C)(C)OC(C)(C)[C@H]1[C@@H]3O. The number of hydrazine groups is 1. The van der Waals surface area contributed by atoms with E-state index in [1.807, 2.05) is 31.0 Å². The molecule has 0 unspecified atom stereocenters. The lowest BCUT2D eigenvalue weighted by Gasteiger charge is -2.64. The summed E-state index contributed by atoms with van der Waals surface area (Å²) in [5, 5.41) is 27.3. The summed E-state index contributed by atoms with van der Waals surface area (Å²) in [5.41, 5.74) is 9.48. The van der Waals surface area contributed by atoms with E-state index in [0.29, 0.717) is 23.5 Å². The lowest BCUT2D eigenvalue weighted by molar-refractivity contribution is -0.144. The highest BCUT2D eigenvalue weighted by atomic mass is 16.5. The summed E-state index contributed by atoms with van der Waals surface area (Å²) in [6.07, 6.45) is 11.4. The number of likely N-dealkylation sites (N-methyl/N-ethyl adjacent to an activating group) is 1. The number of nitrogens with zero attached hydrogens (tertiary/aromatic N) is 3. The number of aliphatic hydroxyl groups excluding tert-OH is 2. The average Bonchev–Trinajstić information content (AvgIpc) is 3.80. The number of carbonyl (C=O) groups excluding carboxylic acids is 2. The van der Waals surface area contributed by atoms with Crippen LogP contribution < -0.4 is 5.43 Å². The largest absolute Gasteiger partial charge is 0.392 e. The molecular formula is C48H64N4O5. The monoisotopic (exact) mass is 776 g/mol. The van der Waals surface area contributed by atoms with Crippen LogP contribution in [-0.2, 0) is 21.4 Å². The molecule has 1 amide bonds. The van der Waals surface area contributed by atoms with Gasteiger partial charge in [-0.1, -0.05) is 51.2 Å². The number of fused-ring (bicyclic) bond motifs is 11. The molecule has 9 atom stereocenters. The lowest BCUT2D eigenvalue weighted by atomic mass is 9.40. The van der Waals surface area contributed by atoms with Crippen LogP contribution in [0.15, 0.2) is 48.1 Å². The van der Waals surface area contributed by atoms with Crippen LogP contribution in [0.1, 0.15) is 133 Å². The van der Waals surface area contributed by atoms with Crippen molar-refractivity contribution in [1.29, 1.82) is 0 Å². The fraction of sp³-hybridized carbons (Fsp3) is 0.625. The molecule has 3 fully saturated rings. The quantitative estimate of drug-likeness (QED) is 0.165. The van der Waals surface area contributed by atoms with Gasteiger partial charge in [0.15, 0.2) is 5.78 Å². The van der Waals surface area contributed by atoms with Crippen molar-refractivity contribution >= 4 is 28.2 Å². The number of ketones is 1. The van der Waals surface area contributed by atoms with Gasteiger partial charge in [-0.3, -0.25) is 15.0 Å². The van der Waals surface area contributed by atoms with Gasteiger partial charge in [-0.25, -0.2) is 5.01 Å². The molecule has 9 nitrogen and oxygen atoms in total. The summed E-state index contributed by atoms with van der Waals surface area (Å²) in [6.45, 7) is 27.1. The van der Waals surface area contributed by atoms with Crippen molar-refractivity contribution in [2.75, 3.05) is 33.2 Å². The van der Waals surface area contributed by atoms with Gasteiger partial charge in [0.2, 0.25) is 0 Å². The van der Waals surface area contributed by atoms with Gasteiger partial charge >= 0.3 is 0 Å². The van der Waals surface area contributed by atoms with Gasteiger partial charge in [-0.05, 0) is 127 Å². The summed E-state index contributed by atoms with van der Waals surface area (Å²) in [7, 11) is 2.10. The Balaban J connectivity index is 1.14. The number of aromatic nitrogens is 1. The van der Waals surface area contributed by atoms with Crippen LogP contribution in [0.4, 0.5) is 0 Å². The fourth-order valence-electron chi connectivity index (χ4n) is 13.7. The van der Waals surface area contributed by atoms with E-state index >= 15 is 0 Å². The molecule has 2 aromatic rings. The summed E-state index contributed by atoms with van der Waals surface area (Å²) in [6, 6.07) is 1.78. The number of hydrogen-bond donors (Lipinski definition) is 3. The molecule has 3 N–H and O–H groups in total. The highest BCUT2D eigenvalue weighted by molar-refractivity contribution is 6.18. The van der Waals surface area contributed by atoms with Gasteiger partial charge < -0.3 is 24.4 Å². The number of piperazine rings is 1. The van der Waals surface area contributed by atoms with Crippen molar-refractivity contribution in [1.82, 2.24) is 19.9 Å². The van der Waals surface area contributed by atoms with Crippen molar-refractivity contribution in [3.05, 3.63) is 76.0 Å². The van der Waals surface area contributed by atoms with E-state index in [1.54, 1.807) is 0 Å². The van der Waals surface area contributed by atoms with Crippen molar-refractivity contribution < 1.29 is 24.5 Å². The number of hydrogen-bond acceptors (Lipinski definition) is 7. The summed E-state index contributed by atoms with van der Waals surface area (Å²) in [4.78, 5) is 30.4. The molecule has 4 heterocycles. The number of rotatable bonds is 5. The normalized spacial score (nSPS) is 38.1. The fourth-order valence-corrected chi connectivity index (χ4v) is 13.7. The Morgan fingerprint density at radius 3 is 2.40 bits per heavy atom. The highest BCUT2D eigenvalue weighted by Crippen LogP contribution is 2.71. The molecule has 1 saturated heterocycles. The Morgan fingerprint density at radius 2 is 1.72 bits per heavy atom. The predicted octanol–water partition coefficient (Wildman–Crippen LogP) is 7.38. The van der Waals surface area contributed by atoms with Crippen LogP contribution in [0.25, 0.3) is 16.5 Å². The number of aliphatic hydroxyl groups is 2. The summed E-state index contributed by atoms with van der Waals surface area (Å²) < 4.78 is 8.93. The number of benzene rings is 1. The molecular weight excluding hydrogens is 713 g/mol. The molecule has 7 aliphatic rings. The molecule has 2 saturated carbocycles. The van der Waals surface area contributed by atoms with E-state index in [-0.39, 0.29) is 34.4 Å². The van der Waals surface area contributed by atoms with Gasteiger partial charge in [0.1, 0.15) is 6.04 Å². The van der Waals surface area contributed by atoms with Crippen LogP contribution in [0, 0.1) is 28.6 Å². The minimum absolute atomic E-state index is 0.0358. The average molecular weight is 777 g/mol. The van der Waals surface area contributed by atoms with E-state index in [2.05, 4.69) is 95.2 Å². The first-order chi connectivity index (χ1) is 26.7. The first-order valence-electron chi connectivity index (χ1n) is 21.5. The van der Waals surface area contributed by atoms with E-state index in [0.717, 1.165) is 85.0 Å². The zero-order chi connectivity index (χ0) is 40.9. The Hall–Kier alpha value is -3.34. The third-order valence-corrected chi connectivity index (χ3v) is 16.5. The van der Waals surface area contributed by atoms with Gasteiger partial charge in [-0.2, -0.15) is 0 Å². The van der Waals surface area contributed by atoms with Crippen LogP contribution in [-0.4, -0.2) is 86.9 Å². The van der Waals surface area contributed by atoms with Crippen LogP contribution in [0.2, 0.25) is 0 Å². The zero-order valence-corrected chi connectivity index (χ0v) is 35.9. The van der Waals surface area contributed by atoms with Gasteiger partial charge in [0, 0.05) is 65.1 Å². The third-order valence-electron chi connectivity index (χ3n) is 16.5. The van der Waals surface area contributed by atoms with Crippen molar-refractivity contribution in [2.45, 2.75) is 129 Å². The predicted molar refractivity (Wildman–Crippen MR) is 225 cm³/mol. The summed E-state index contributed by atoms with van der Waals surface area (Å²) >= 11 is 0. The van der Waals surface area contributed by atoms with E-state index in [4.69, 9.17) is 4.74 Å². The maximum Gasteiger partial charge on any atom is 0.261 e. The van der Waals surface area contributed by atoms with E-state index in [1.165, 1.54) is 11.3 Å². The number of allylic oxidation sites excluding steroid dienone is 3. The molecule has 0 spiro atoms. The van der Waals surface area contributed by atoms with Gasteiger partial charge in [-0.15, -0.1) is 0 Å². The van der Waals surface area contributed by atoms with Crippen molar-refractivity contribution in [3.63, 3.8) is 0 Å². The molecule has 57 heavy (non-hydrogen) atoms. The van der Waals surface area contributed by atoms with Crippen LogP contribution in [0.3, 0.4) is 0 Å². The Morgan fingerprint density at radius 1 is 1.02 bits per heavy atom. The molecule has 9 rings (SSSR count). The maximum atomic E-state index is 15.0. The second kappa shape index (κ2) is 12.6. The molecule has 4 aliphatic carbocycles. The molecule has 306 valence electrons. The topological polar surface area (TPSA) is 107 Å². The lowest BCUT2D eigenvalue weighted by Crippen LogP contribution is -2.62. The van der Waals surface area contributed by atoms with Crippen molar-refractivity contribution in [3.8, 4) is 0 Å². The van der Waals surface area contributed by atoms with Crippen LogP contribution >= 0.6 is 0 Å². The molecule has 1 aromatic carbocycles. The maximum absolute atomic E-state index is 15.0. The number of ether oxygens (including phenoxy) is 1. The molecule has 0 radical (unpaired) electrons. The molecule has 3 aliphatic heterocycles. The molecule has 9 heteroatoms. The first-order valence-corrected chi connectivity index (χ1v) is 21.5. The van der Waals surface area contributed by atoms with Crippen LogP contribution in [0.5, 0.6) is 0 Å². The first kappa shape index (κ1) is 39.1. The Bertz CT molecular complexity index is 2220. The number of carbonyl (C=O) groups is 2. The van der Waals surface area contributed by atoms with E-state index in [9.17, 15) is 19.8 Å². The van der Waals surface area contributed by atoms with Gasteiger partial charge in [0.25, 0.3) is 5.91 Å². The van der Waals surface area contributed by atoms with Crippen molar-refractivity contribution in [2.24, 2.45) is 28.6 Å². The smallest absolute Gasteiger partial charge is 0.261 e. The second-order valence-electron chi connectivity index (χ2n) is 20.8. The summed E-state index contributed by atoms with van der Waals surface area (Å²) in [5.74, 6) is 0.223. The molecule has 1 aromatic heterocycles. The van der Waals surface area contributed by atoms with Gasteiger partial charge in [0.05, 0.1) is 34.5 Å². The standard InChI is InChI=1S/C48H64N4O5/c1-26(2)38-41(55)36-35-29(32-25-44(4,5)57-45(6,7)37(32)40(35)54)24-30-31-23-28-14-15-33-46(8,17-12-13-27(3)43(56)49-51-21-19-50(11)20-22-51)34(53)16-18-47(33,9)48(28,10)42(31)52(38)39(30)36/h12-13,17,24-25,28,33-34,37-38,40,53-54H,1,14-16,18-23H2,2-11H3,(H,49,56)/b17-12+,27-13+/t28-,33-,34-,37+,38-,40+,46-,47-,48+/m0/s1. The van der Waals surface area contributed by atoms with E-state index < -0.39 is 34.9 Å². The second-order valence-corrected chi connectivity index (χ2v) is 20.8. The third kappa shape index (κ3) is 5.24. The zero-order valence-electron chi connectivity index (χ0n) is 35.9. The minimum Gasteiger partial charge on any atom is -0.392 e. The minimum atomic E-state index is -0.856.